The Morgan fingerprint density at radius 2 is 2.00 bits per heavy atom. The predicted molar refractivity (Wildman–Crippen MR) is 104 cm³/mol. The molecule has 2 heterocycles. The summed E-state index contributed by atoms with van der Waals surface area (Å²) < 4.78 is 0. The molecular formula is C19H22N4O2S. The minimum Gasteiger partial charge on any atom is -0.381 e. The average molecular weight is 370 g/mol. The van der Waals surface area contributed by atoms with Gasteiger partial charge in [-0.15, -0.1) is 11.3 Å². The Hall–Kier alpha value is -2.41. The molecule has 1 amide bonds. The van der Waals surface area contributed by atoms with E-state index in [0.29, 0.717) is 28.0 Å². The highest BCUT2D eigenvalue weighted by atomic mass is 32.1. The number of aromatic nitrogens is 1. The van der Waals surface area contributed by atoms with Crippen molar-refractivity contribution in [1.82, 2.24) is 4.98 Å². The van der Waals surface area contributed by atoms with E-state index in [-0.39, 0.29) is 11.3 Å². The summed E-state index contributed by atoms with van der Waals surface area (Å²) in [6.07, 6.45) is 8.60. The second kappa shape index (κ2) is 6.72. The number of anilines is 1. The van der Waals surface area contributed by atoms with Gasteiger partial charge in [0.25, 0.3) is 11.5 Å². The van der Waals surface area contributed by atoms with E-state index in [1.165, 1.54) is 24.2 Å². The van der Waals surface area contributed by atoms with Crippen molar-refractivity contribution in [2.45, 2.75) is 50.5 Å². The first-order valence-corrected chi connectivity index (χ1v) is 9.92. The molecule has 26 heavy (non-hydrogen) atoms. The van der Waals surface area contributed by atoms with E-state index in [1.807, 2.05) is 0 Å². The van der Waals surface area contributed by atoms with Gasteiger partial charge in [-0.2, -0.15) is 0 Å². The number of amides is 1. The van der Waals surface area contributed by atoms with E-state index < -0.39 is 5.91 Å². The van der Waals surface area contributed by atoms with Gasteiger partial charge in [0, 0.05) is 23.2 Å². The van der Waals surface area contributed by atoms with Crippen LogP contribution in [0.1, 0.15) is 70.8 Å². The number of aromatic amines is 1. The smallest absolute Gasteiger partial charge is 0.259 e. The van der Waals surface area contributed by atoms with Crippen LogP contribution < -0.4 is 16.6 Å². The van der Waals surface area contributed by atoms with Crippen molar-refractivity contribution >= 4 is 28.6 Å². The van der Waals surface area contributed by atoms with Crippen molar-refractivity contribution in [2.24, 2.45) is 5.73 Å². The summed E-state index contributed by atoms with van der Waals surface area (Å²) >= 11 is 1.20. The van der Waals surface area contributed by atoms with Crippen LogP contribution in [0.2, 0.25) is 0 Å². The van der Waals surface area contributed by atoms with Crippen molar-refractivity contribution < 1.29 is 4.79 Å². The molecule has 0 aromatic carbocycles. The third kappa shape index (κ3) is 3.19. The lowest BCUT2D eigenvalue weighted by atomic mass is 9.99. The average Bonchev–Trinajstić information content (AvgIpc) is 3.10. The Balaban J connectivity index is 1.77. The molecule has 2 aliphatic rings. The van der Waals surface area contributed by atoms with Gasteiger partial charge in [0.2, 0.25) is 0 Å². The fraction of sp³-hybridized carbons (Fsp3) is 0.421. The van der Waals surface area contributed by atoms with Gasteiger partial charge in [-0.05, 0) is 43.2 Å². The van der Waals surface area contributed by atoms with Gasteiger partial charge < -0.3 is 16.0 Å². The zero-order valence-electron chi connectivity index (χ0n) is 14.4. The molecule has 2 fully saturated rings. The molecule has 2 aromatic rings. The number of rotatable bonds is 6. The summed E-state index contributed by atoms with van der Waals surface area (Å²) in [6, 6.07) is 1.95. The molecule has 0 atom stereocenters. The molecule has 0 unspecified atom stereocenters. The second-order valence-electron chi connectivity index (χ2n) is 7.16. The van der Waals surface area contributed by atoms with Crippen LogP contribution in [0, 0.1) is 5.41 Å². The first-order chi connectivity index (χ1) is 12.5. The van der Waals surface area contributed by atoms with Crippen molar-refractivity contribution in [3.05, 3.63) is 49.6 Å². The third-order valence-electron chi connectivity index (χ3n) is 5.23. The lowest BCUT2D eigenvalue weighted by Crippen LogP contribution is -2.26. The number of nitrogens with two attached hydrogens (primary N) is 1. The maximum Gasteiger partial charge on any atom is 0.259 e. The van der Waals surface area contributed by atoms with Crippen molar-refractivity contribution in [1.29, 1.82) is 5.41 Å². The number of primary amides is 1. The monoisotopic (exact) mass is 370 g/mol. The summed E-state index contributed by atoms with van der Waals surface area (Å²) in [5.41, 5.74) is 8.02. The Morgan fingerprint density at radius 1 is 1.27 bits per heavy atom. The lowest BCUT2D eigenvalue weighted by molar-refractivity contribution is 0.100. The number of H-pyrrole nitrogens is 1. The summed E-state index contributed by atoms with van der Waals surface area (Å²) in [5, 5.41) is 13.9. The Kier molecular flexibility index (Phi) is 4.40. The molecule has 0 aliphatic heterocycles. The second-order valence-corrected chi connectivity index (χ2v) is 8.07. The van der Waals surface area contributed by atoms with Crippen LogP contribution in [0.15, 0.2) is 22.4 Å². The first-order valence-electron chi connectivity index (χ1n) is 9.04. The van der Waals surface area contributed by atoms with Crippen molar-refractivity contribution in [3.63, 3.8) is 0 Å². The van der Waals surface area contributed by atoms with Gasteiger partial charge in [-0.1, -0.05) is 12.8 Å². The zero-order chi connectivity index (χ0) is 18.3. The van der Waals surface area contributed by atoms with Gasteiger partial charge >= 0.3 is 0 Å². The van der Waals surface area contributed by atoms with Crippen LogP contribution in [0.5, 0.6) is 0 Å². The number of hydrogen-bond donors (Lipinski definition) is 4. The largest absolute Gasteiger partial charge is 0.381 e. The predicted octanol–water partition coefficient (Wildman–Crippen LogP) is 3.18. The molecule has 0 spiro atoms. The van der Waals surface area contributed by atoms with Crippen LogP contribution in [-0.4, -0.2) is 22.6 Å². The van der Waals surface area contributed by atoms with E-state index in [1.54, 1.807) is 17.6 Å². The fourth-order valence-corrected chi connectivity index (χ4v) is 4.42. The van der Waals surface area contributed by atoms with E-state index in [2.05, 4.69) is 10.3 Å². The number of nitrogens with one attached hydrogen (secondary N) is 3. The molecule has 6 nitrogen and oxygen atoms in total. The van der Waals surface area contributed by atoms with E-state index >= 15 is 0 Å². The standard InChI is InChI=1S/C19H22N4O2S/c20-16(11-7-14(18(21)24)26-9-11)15-17(23-12-3-1-2-4-12)13(10-5-6-10)8-22-19(15)25/h7-10,12,20H,1-6H2,(H2,21,24)(H2,22,23,25). The minimum atomic E-state index is -0.515. The molecule has 0 saturated heterocycles. The minimum absolute atomic E-state index is 0.137. The summed E-state index contributed by atoms with van der Waals surface area (Å²) in [4.78, 5) is 27.2. The zero-order valence-corrected chi connectivity index (χ0v) is 15.2. The fourth-order valence-electron chi connectivity index (χ4n) is 3.67. The van der Waals surface area contributed by atoms with Crippen LogP contribution >= 0.6 is 11.3 Å². The first kappa shape index (κ1) is 17.0. The van der Waals surface area contributed by atoms with Crippen molar-refractivity contribution in [3.8, 4) is 0 Å². The SMILES string of the molecule is N=C(c1csc(C(N)=O)c1)c1c(NC2CCCC2)c(C2CC2)c[nH]c1=O. The number of pyridine rings is 1. The Bertz CT molecular complexity index is 920. The van der Waals surface area contributed by atoms with Gasteiger partial charge in [-0.3, -0.25) is 15.0 Å². The quantitative estimate of drug-likeness (QED) is 0.586. The van der Waals surface area contributed by atoms with Gasteiger partial charge in [0.05, 0.1) is 21.8 Å². The molecule has 7 heteroatoms. The molecule has 0 radical (unpaired) electrons. The highest BCUT2D eigenvalue weighted by molar-refractivity contribution is 7.12. The van der Waals surface area contributed by atoms with Gasteiger partial charge in [-0.25, -0.2) is 0 Å². The molecular weight excluding hydrogens is 348 g/mol. The number of carbonyl (C=O) groups excluding carboxylic acids is 1. The van der Waals surface area contributed by atoms with Gasteiger partial charge in [0.15, 0.2) is 0 Å². The van der Waals surface area contributed by atoms with Gasteiger partial charge in [0.1, 0.15) is 0 Å². The molecule has 5 N–H and O–H groups in total. The molecule has 2 aromatic heterocycles. The highest BCUT2D eigenvalue weighted by Crippen LogP contribution is 2.44. The lowest BCUT2D eigenvalue weighted by Gasteiger charge is -2.20. The summed E-state index contributed by atoms with van der Waals surface area (Å²) in [5.74, 6) is -0.0649. The Labute approximate surface area is 155 Å². The summed E-state index contributed by atoms with van der Waals surface area (Å²) in [7, 11) is 0. The molecule has 0 bridgehead atoms. The van der Waals surface area contributed by atoms with E-state index in [0.717, 1.165) is 36.9 Å². The van der Waals surface area contributed by atoms with Crippen molar-refractivity contribution in [2.75, 3.05) is 5.32 Å². The molecule has 2 aliphatic carbocycles. The maximum atomic E-state index is 12.6. The molecule has 2 saturated carbocycles. The van der Waals surface area contributed by atoms with E-state index in [9.17, 15) is 9.59 Å². The van der Waals surface area contributed by atoms with E-state index in [4.69, 9.17) is 11.1 Å². The number of carbonyl (C=O) groups is 1. The number of hydrogen-bond acceptors (Lipinski definition) is 5. The molecule has 136 valence electrons. The van der Waals surface area contributed by atoms with Crippen LogP contribution in [-0.2, 0) is 0 Å². The summed E-state index contributed by atoms with van der Waals surface area (Å²) in [6.45, 7) is 0. The topological polar surface area (TPSA) is 112 Å². The normalized spacial score (nSPS) is 17.4. The Morgan fingerprint density at radius 3 is 2.62 bits per heavy atom. The third-order valence-corrected chi connectivity index (χ3v) is 6.17. The van der Waals surface area contributed by atoms with Crippen LogP contribution in [0.25, 0.3) is 0 Å². The highest BCUT2D eigenvalue weighted by Gasteiger charge is 2.31. The molecule has 4 rings (SSSR count). The van der Waals surface area contributed by atoms with Crippen LogP contribution in [0.3, 0.4) is 0 Å². The maximum absolute atomic E-state index is 12.6. The number of thiophene rings is 1. The van der Waals surface area contributed by atoms with Crippen LogP contribution in [0.4, 0.5) is 5.69 Å².